The van der Waals surface area contributed by atoms with Crippen LogP contribution < -0.4 is 21.7 Å². The van der Waals surface area contributed by atoms with Gasteiger partial charge in [-0.2, -0.15) is 18.4 Å². The zero-order chi connectivity index (χ0) is 22.2. The molecule has 0 unspecified atom stereocenters. The van der Waals surface area contributed by atoms with E-state index in [0.717, 1.165) is 6.07 Å². The summed E-state index contributed by atoms with van der Waals surface area (Å²) in [5.41, 5.74) is -0.544. The van der Waals surface area contributed by atoms with E-state index in [1.54, 1.807) is 6.07 Å². The molecule has 12 heteroatoms. The van der Waals surface area contributed by atoms with Crippen molar-refractivity contribution in [3.05, 3.63) is 80.1 Å². The van der Waals surface area contributed by atoms with Crippen LogP contribution in [0.15, 0.2) is 46.0 Å². The third-order valence-corrected chi connectivity index (χ3v) is 3.86. The maximum atomic E-state index is 14.5. The molecule has 0 atom stereocenters. The van der Waals surface area contributed by atoms with E-state index in [0.29, 0.717) is 12.1 Å². The summed E-state index contributed by atoms with van der Waals surface area (Å²) in [6.07, 6.45) is -5.02. The van der Waals surface area contributed by atoms with Crippen LogP contribution in [-0.4, -0.2) is 9.55 Å². The molecule has 0 aliphatic carbocycles. The van der Waals surface area contributed by atoms with E-state index in [9.17, 15) is 36.8 Å². The fourth-order valence-electron chi connectivity index (χ4n) is 2.51. The van der Waals surface area contributed by atoms with Gasteiger partial charge in [-0.1, -0.05) is 6.07 Å². The monoisotopic (exact) mass is 424 g/mol. The number of nitrogens with two attached hydrogens (primary N) is 1. The van der Waals surface area contributed by atoms with Crippen LogP contribution in [0.3, 0.4) is 0 Å². The maximum absolute atomic E-state index is 14.5. The number of ether oxygens (including phenoxy) is 1. The summed E-state index contributed by atoms with van der Waals surface area (Å²) in [6, 6.07) is 6.47. The number of aromatic nitrogens is 2. The number of para-hydroxylation sites is 1. The van der Waals surface area contributed by atoms with Gasteiger partial charge in [-0.25, -0.2) is 18.1 Å². The number of nitrogens with one attached hydrogen (secondary N) is 1. The normalized spacial score (nSPS) is 11.2. The van der Waals surface area contributed by atoms with E-state index in [-0.39, 0.29) is 16.3 Å². The zero-order valence-electron chi connectivity index (χ0n) is 14.6. The zero-order valence-corrected chi connectivity index (χ0v) is 14.6. The predicted molar refractivity (Wildman–Crippen MR) is 93.2 cm³/mol. The second-order valence-electron chi connectivity index (χ2n) is 5.83. The van der Waals surface area contributed by atoms with Crippen molar-refractivity contribution in [1.29, 1.82) is 5.26 Å². The highest BCUT2D eigenvalue weighted by Crippen LogP contribution is 2.34. The number of nitrogen functional groups attached to an aromatic ring is 1. The van der Waals surface area contributed by atoms with Crippen LogP contribution in [0, 0.1) is 23.0 Å². The number of aromatic amines is 1. The van der Waals surface area contributed by atoms with Crippen molar-refractivity contribution >= 4 is 5.69 Å². The van der Waals surface area contributed by atoms with Gasteiger partial charge in [0, 0.05) is 12.1 Å². The number of H-pyrrole nitrogens is 1. The molecule has 1 aromatic heterocycles. The van der Waals surface area contributed by atoms with E-state index in [4.69, 9.17) is 10.5 Å². The van der Waals surface area contributed by atoms with Gasteiger partial charge in [0.2, 0.25) is 0 Å². The number of hydrogen-bond acceptors (Lipinski definition) is 5. The first kappa shape index (κ1) is 20.6. The van der Waals surface area contributed by atoms with Crippen molar-refractivity contribution in [3.8, 4) is 23.3 Å². The largest absolute Gasteiger partial charge is 0.451 e. The molecule has 0 aliphatic heterocycles. The molecular weight excluding hydrogens is 415 g/mol. The number of rotatable bonds is 3. The Hall–Kier alpha value is -4.14. The quantitative estimate of drug-likeness (QED) is 0.496. The van der Waals surface area contributed by atoms with Gasteiger partial charge >= 0.3 is 11.9 Å². The van der Waals surface area contributed by atoms with Crippen molar-refractivity contribution in [2.45, 2.75) is 6.18 Å². The molecule has 0 spiro atoms. The highest BCUT2D eigenvalue weighted by molar-refractivity contribution is 5.58. The Morgan fingerprint density at radius 1 is 1.10 bits per heavy atom. The molecule has 0 radical (unpaired) electrons. The molecule has 30 heavy (non-hydrogen) atoms. The molecule has 3 aromatic rings. The number of hydrogen-bond donors (Lipinski definition) is 2. The van der Waals surface area contributed by atoms with Crippen LogP contribution in [0.1, 0.15) is 11.3 Å². The number of anilines is 1. The molecule has 0 saturated heterocycles. The van der Waals surface area contributed by atoms with E-state index in [1.165, 1.54) is 17.1 Å². The number of alkyl halides is 3. The Bertz CT molecular complexity index is 1250. The fourth-order valence-corrected chi connectivity index (χ4v) is 2.51. The summed E-state index contributed by atoms with van der Waals surface area (Å²) in [4.78, 5) is 25.6. The average molecular weight is 424 g/mol. The fraction of sp³-hybridized carbons (Fsp3) is 0.0556. The third kappa shape index (κ3) is 3.72. The standard InChI is InChI=1S/C18H9F5N4O3/c19-9-2-1-3-11(25)16(9)30-13-5-12(10(20)4-8(13)7-24)27-15(28)6-14(18(21,22)23)26-17(27)29/h1-6H,25H2,(H,26,29). The Balaban J connectivity index is 2.22. The van der Waals surface area contributed by atoms with Crippen LogP contribution in [0.4, 0.5) is 27.6 Å². The van der Waals surface area contributed by atoms with E-state index in [2.05, 4.69) is 0 Å². The van der Waals surface area contributed by atoms with Crippen molar-refractivity contribution in [3.63, 3.8) is 0 Å². The molecule has 0 aliphatic rings. The minimum absolute atomic E-state index is 0.0639. The smallest absolute Gasteiger partial charge is 0.431 e. The van der Waals surface area contributed by atoms with Gasteiger partial charge in [0.1, 0.15) is 23.3 Å². The van der Waals surface area contributed by atoms with Gasteiger partial charge in [-0.3, -0.25) is 4.79 Å². The molecule has 3 rings (SSSR count). The van der Waals surface area contributed by atoms with Gasteiger partial charge in [0.05, 0.1) is 16.9 Å². The van der Waals surface area contributed by atoms with Crippen LogP contribution in [-0.2, 0) is 6.18 Å². The van der Waals surface area contributed by atoms with Crippen LogP contribution in [0.5, 0.6) is 11.5 Å². The van der Waals surface area contributed by atoms with Crippen LogP contribution >= 0.6 is 0 Å². The first-order chi connectivity index (χ1) is 14.0. The Kier molecular flexibility index (Phi) is 5.05. The molecule has 2 aromatic carbocycles. The van der Waals surface area contributed by atoms with Crippen LogP contribution in [0.25, 0.3) is 5.69 Å². The third-order valence-electron chi connectivity index (χ3n) is 3.86. The molecule has 1 heterocycles. The summed E-state index contributed by atoms with van der Waals surface area (Å²) in [7, 11) is 0. The molecule has 3 N–H and O–H groups in total. The van der Waals surface area contributed by atoms with E-state index >= 15 is 0 Å². The van der Waals surface area contributed by atoms with E-state index < -0.39 is 57.5 Å². The molecular formula is C18H9F5N4O3. The van der Waals surface area contributed by atoms with Gasteiger partial charge in [0.15, 0.2) is 11.6 Å². The number of nitriles is 1. The maximum Gasteiger partial charge on any atom is 0.431 e. The first-order valence-corrected chi connectivity index (χ1v) is 7.92. The summed E-state index contributed by atoms with van der Waals surface area (Å²) in [6.45, 7) is 0. The lowest BCUT2D eigenvalue weighted by Gasteiger charge is -2.14. The Labute approximate surface area is 163 Å². The Morgan fingerprint density at radius 3 is 2.37 bits per heavy atom. The molecule has 0 amide bonds. The van der Waals surface area contributed by atoms with Crippen molar-refractivity contribution < 1.29 is 26.7 Å². The molecule has 0 saturated carbocycles. The highest BCUT2D eigenvalue weighted by atomic mass is 19.4. The van der Waals surface area contributed by atoms with Gasteiger partial charge in [-0.05, 0) is 18.2 Å². The van der Waals surface area contributed by atoms with Gasteiger partial charge < -0.3 is 15.5 Å². The SMILES string of the molecule is N#Cc1cc(F)c(-n2c(=O)cc(C(F)(F)F)[nH]c2=O)cc1Oc1c(N)cccc1F. The van der Waals surface area contributed by atoms with Crippen molar-refractivity contribution in [2.75, 3.05) is 5.73 Å². The van der Waals surface area contributed by atoms with Gasteiger partial charge in [-0.15, -0.1) is 0 Å². The summed E-state index contributed by atoms with van der Waals surface area (Å²) in [5.74, 6) is -3.21. The van der Waals surface area contributed by atoms with Crippen molar-refractivity contribution in [2.24, 2.45) is 0 Å². The Morgan fingerprint density at radius 2 is 1.80 bits per heavy atom. The number of halogens is 5. The highest BCUT2D eigenvalue weighted by Gasteiger charge is 2.33. The number of benzene rings is 2. The van der Waals surface area contributed by atoms with Gasteiger partial charge in [0.25, 0.3) is 5.56 Å². The minimum atomic E-state index is -5.02. The second kappa shape index (κ2) is 7.36. The lowest BCUT2D eigenvalue weighted by atomic mass is 10.1. The molecule has 0 fully saturated rings. The minimum Gasteiger partial charge on any atom is -0.451 e. The predicted octanol–water partition coefficient (Wildman–Crippen LogP) is 3.07. The topological polar surface area (TPSA) is 114 Å². The van der Waals surface area contributed by atoms with E-state index in [1.807, 2.05) is 0 Å². The number of nitrogens with zero attached hydrogens (tertiary/aromatic N) is 2. The lowest BCUT2D eigenvalue weighted by Crippen LogP contribution is -2.36. The molecule has 0 bridgehead atoms. The first-order valence-electron chi connectivity index (χ1n) is 7.92. The summed E-state index contributed by atoms with van der Waals surface area (Å²) in [5, 5.41) is 9.17. The molecule has 7 nitrogen and oxygen atoms in total. The average Bonchev–Trinajstić information content (AvgIpc) is 2.65. The van der Waals surface area contributed by atoms with Crippen molar-refractivity contribution in [1.82, 2.24) is 9.55 Å². The second-order valence-corrected chi connectivity index (χ2v) is 5.83. The molecule has 154 valence electrons. The summed E-state index contributed by atoms with van der Waals surface area (Å²) < 4.78 is 72.0. The lowest BCUT2D eigenvalue weighted by molar-refractivity contribution is -0.141. The van der Waals surface area contributed by atoms with Crippen LogP contribution in [0.2, 0.25) is 0 Å². The summed E-state index contributed by atoms with van der Waals surface area (Å²) >= 11 is 0.